The maximum Gasteiger partial charge on any atom is 0.276 e. The Morgan fingerprint density at radius 1 is 1.41 bits per heavy atom. The van der Waals surface area contributed by atoms with Crippen LogP contribution in [-0.2, 0) is 4.79 Å². The number of hydrogen-bond acceptors (Lipinski definition) is 4. The zero-order chi connectivity index (χ0) is 16.4. The maximum absolute atomic E-state index is 12.4. The molecule has 1 saturated heterocycles. The van der Waals surface area contributed by atoms with Crippen molar-refractivity contribution in [1.29, 1.82) is 0 Å². The normalized spacial score (nSPS) is 16.8. The van der Waals surface area contributed by atoms with Crippen LogP contribution in [0.2, 0.25) is 0 Å². The number of phenols is 1. The average Bonchev–Trinajstić information content (AvgIpc) is 2.67. The Hall–Kier alpha value is -1.60. The first-order valence-electron chi connectivity index (χ1n) is 6.87. The summed E-state index contributed by atoms with van der Waals surface area (Å²) in [6, 6.07) is 3.41. The van der Waals surface area contributed by atoms with Gasteiger partial charge < -0.3 is 14.7 Å². The van der Waals surface area contributed by atoms with Gasteiger partial charge in [0.15, 0.2) is 16.6 Å². The first-order chi connectivity index (χ1) is 10.4. The first kappa shape index (κ1) is 16.8. The molecule has 1 N–H and O–H groups in total. The SMILES string of the molecule is CCOc1cc(Br)cc(/C=C2/C(=O)N(CC)C(=S)N2C)c1O. The number of ether oxygens (including phenoxy) is 1. The Bertz CT molecular complexity index is 660. The van der Waals surface area contributed by atoms with Gasteiger partial charge in [-0.2, -0.15) is 0 Å². The van der Waals surface area contributed by atoms with E-state index < -0.39 is 0 Å². The van der Waals surface area contributed by atoms with Gasteiger partial charge in [0.1, 0.15) is 5.70 Å². The number of nitrogens with zero attached hydrogens (tertiary/aromatic N) is 2. The summed E-state index contributed by atoms with van der Waals surface area (Å²) < 4.78 is 6.15. The van der Waals surface area contributed by atoms with Gasteiger partial charge in [0.05, 0.1) is 6.61 Å². The molecule has 0 aliphatic carbocycles. The zero-order valence-electron chi connectivity index (χ0n) is 12.6. The third kappa shape index (κ3) is 2.96. The minimum Gasteiger partial charge on any atom is -0.504 e. The van der Waals surface area contributed by atoms with Crippen molar-refractivity contribution < 1.29 is 14.6 Å². The zero-order valence-corrected chi connectivity index (χ0v) is 15.0. The third-order valence-corrected chi connectivity index (χ3v) is 4.27. The van der Waals surface area contributed by atoms with Crippen molar-refractivity contribution in [3.8, 4) is 11.5 Å². The number of phenolic OH excluding ortho intramolecular Hbond substituents is 1. The summed E-state index contributed by atoms with van der Waals surface area (Å²) in [6.07, 6.45) is 1.62. The molecule has 0 bridgehead atoms. The third-order valence-electron chi connectivity index (χ3n) is 3.32. The van der Waals surface area contributed by atoms with Gasteiger partial charge in [0, 0.05) is 23.6 Å². The van der Waals surface area contributed by atoms with Gasteiger partial charge in [-0.15, -0.1) is 0 Å². The molecule has 22 heavy (non-hydrogen) atoms. The standard InChI is InChI=1S/C15H17BrN2O3S/c1-4-18-14(20)11(17(3)15(18)22)7-9-6-10(16)8-12(13(9)19)21-5-2/h6-8,19H,4-5H2,1-3H3/b11-7-. The average molecular weight is 385 g/mol. The monoisotopic (exact) mass is 384 g/mol. The quantitative estimate of drug-likeness (QED) is 0.638. The summed E-state index contributed by atoms with van der Waals surface area (Å²) in [5.41, 5.74) is 0.913. The molecule has 2 rings (SSSR count). The van der Waals surface area contributed by atoms with E-state index >= 15 is 0 Å². The number of rotatable bonds is 4. The molecule has 1 fully saturated rings. The lowest BCUT2D eigenvalue weighted by atomic mass is 10.1. The molecular weight excluding hydrogens is 368 g/mol. The molecular formula is C15H17BrN2O3S. The molecule has 0 radical (unpaired) electrons. The van der Waals surface area contributed by atoms with Gasteiger partial charge in [-0.1, -0.05) is 15.9 Å². The Morgan fingerprint density at radius 3 is 2.64 bits per heavy atom. The number of carbonyl (C=O) groups is 1. The van der Waals surface area contributed by atoms with E-state index in [1.807, 2.05) is 13.8 Å². The highest BCUT2D eigenvalue weighted by molar-refractivity contribution is 9.10. The summed E-state index contributed by atoms with van der Waals surface area (Å²) in [4.78, 5) is 15.5. The fourth-order valence-electron chi connectivity index (χ4n) is 2.21. The number of carbonyl (C=O) groups excluding carboxylic acids is 1. The molecule has 1 aliphatic heterocycles. The van der Waals surface area contributed by atoms with E-state index in [0.717, 1.165) is 4.47 Å². The van der Waals surface area contributed by atoms with Crippen LogP contribution in [0.1, 0.15) is 19.4 Å². The van der Waals surface area contributed by atoms with Crippen molar-refractivity contribution >= 4 is 45.2 Å². The largest absolute Gasteiger partial charge is 0.504 e. The summed E-state index contributed by atoms with van der Waals surface area (Å²) in [6.45, 7) is 4.65. The smallest absolute Gasteiger partial charge is 0.276 e. The molecule has 1 aromatic rings. The van der Waals surface area contributed by atoms with Crippen LogP contribution < -0.4 is 4.74 Å². The van der Waals surface area contributed by atoms with Crippen molar-refractivity contribution in [2.24, 2.45) is 0 Å². The molecule has 1 aromatic carbocycles. The number of halogens is 1. The van der Waals surface area contributed by atoms with Crippen LogP contribution >= 0.6 is 28.1 Å². The Kier molecular flexibility index (Phi) is 5.08. The molecule has 1 heterocycles. The molecule has 118 valence electrons. The second-order valence-corrected chi connectivity index (χ2v) is 5.98. The fraction of sp³-hybridized carbons (Fsp3) is 0.333. The predicted molar refractivity (Wildman–Crippen MR) is 92.7 cm³/mol. The van der Waals surface area contributed by atoms with E-state index in [2.05, 4.69) is 15.9 Å². The van der Waals surface area contributed by atoms with E-state index in [1.165, 1.54) is 4.90 Å². The van der Waals surface area contributed by atoms with Crippen molar-refractivity contribution in [2.45, 2.75) is 13.8 Å². The van der Waals surface area contributed by atoms with Gasteiger partial charge in [0.25, 0.3) is 5.91 Å². The number of likely N-dealkylation sites (N-methyl/N-ethyl adjacent to an activating group) is 2. The van der Waals surface area contributed by atoms with E-state index in [9.17, 15) is 9.90 Å². The van der Waals surface area contributed by atoms with Crippen LogP contribution in [0.25, 0.3) is 6.08 Å². The molecule has 1 aliphatic rings. The summed E-state index contributed by atoms with van der Waals surface area (Å²) in [7, 11) is 1.74. The number of thiocarbonyl (C=S) groups is 1. The van der Waals surface area contributed by atoms with E-state index in [0.29, 0.717) is 35.3 Å². The molecule has 0 saturated carbocycles. The van der Waals surface area contributed by atoms with Gasteiger partial charge in [0.2, 0.25) is 0 Å². The van der Waals surface area contributed by atoms with E-state index in [-0.39, 0.29) is 11.7 Å². The van der Waals surface area contributed by atoms with Crippen LogP contribution in [0.4, 0.5) is 0 Å². The van der Waals surface area contributed by atoms with Crippen molar-refractivity contribution in [2.75, 3.05) is 20.2 Å². The van der Waals surface area contributed by atoms with Gasteiger partial charge in [-0.05, 0) is 44.3 Å². The van der Waals surface area contributed by atoms with Gasteiger partial charge in [-0.3, -0.25) is 9.69 Å². The van der Waals surface area contributed by atoms with Crippen LogP contribution in [0.15, 0.2) is 22.3 Å². The molecule has 5 nitrogen and oxygen atoms in total. The Balaban J connectivity index is 2.49. The maximum atomic E-state index is 12.4. The lowest BCUT2D eigenvalue weighted by molar-refractivity contribution is -0.122. The molecule has 7 heteroatoms. The molecule has 0 aromatic heterocycles. The van der Waals surface area contributed by atoms with Crippen molar-refractivity contribution in [3.05, 3.63) is 27.9 Å². The molecule has 0 atom stereocenters. The lowest BCUT2D eigenvalue weighted by Gasteiger charge is -2.13. The predicted octanol–water partition coefficient (Wildman–Crippen LogP) is 2.97. The van der Waals surface area contributed by atoms with Crippen LogP contribution in [0.3, 0.4) is 0 Å². The van der Waals surface area contributed by atoms with Crippen LogP contribution in [0.5, 0.6) is 11.5 Å². The highest BCUT2D eigenvalue weighted by Crippen LogP contribution is 2.36. The van der Waals surface area contributed by atoms with E-state index in [1.54, 1.807) is 30.2 Å². The van der Waals surface area contributed by atoms with Gasteiger partial charge >= 0.3 is 0 Å². The van der Waals surface area contributed by atoms with Crippen LogP contribution in [-0.4, -0.2) is 46.1 Å². The first-order valence-corrected chi connectivity index (χ1v) is 8.07. The summed E-state index contributed by atoms with van der Waals surface area (Å²) in [5.74, 6) is 0.193. The van der Waals surface area contributed by atoms with Gasteiger partial charge in [-0.25, -0.2) is 0 Å². The number of aromatic hydroxyl groups is 1. The molecule has 1 amide bonds. The molecule has 0 unspecified atom stereocenters. The topological polar surface area (TPSA) is 53.0 Å². The van der Waals surface area contributed by atoms with Crippen molar-refractivity contribution in [3.63, 3.8) is 0 Å². The Morgan fingerprint density at radius 2 is 2.09 bits per heavy atom. The Labute approximate surface area is 143 Å². The fourth-order valence-corrected chi connectivity index (χ4v) is 2.97. The highest BCUT2D eigenvalue weighted by Gasteiger charge is 2.34. The number of hydrogen-bond donors (Lipinski definition) is 1. The van der Waals surface area contributed by atoms with Crippen molar-refractivity contribution in [1.82, 2.24) is 9.80 Å². The minimum absolute atomic E-state index is 0.000355. The second kappa shape index (κ2) is 6.66. The summed E-state index contributed by atoms with van der Waals surface area (Å²) >= 11 is 8.63. The van der Waals surface area contributed by atoms with Crippen LogP contribution in [0, 0.1) is 0 Å². The minimum atomic E-state index is -0.174. The lowest BCUT2D eigenvalue weighted by Crippen LogP contribution is -2.30. The number of amides is 1. The molecule has 0 spiro atoms. The van der Waals surface area contributed by atoms with E-state index in [4.69, 9.17) is 17.0 Å². The highest BCUT2D eigenvalue weighted by atomic mass is 79.9. The number of benzene rings is 1. The second-order valence-electron chi connectivity index (χ2n) is 4.70. The summed E-state index contributed by atoms with van der Waals surface area (Å²) in [5, 5.41) is 10.8.